The number of carbonyl (C=O) groups excluding carboxylic acids is 1. The molecule has 2 aromatic rings. The lowest BCUT2D eigenvalue weighted by atomic mass is 10.1. The third kappa shape index (κ3) is 4.77. The number of benzene rings is 2. The Balaban J connectivity index is 1.99. The summed E-state index contributed by atoms with van der Waals surface area (Å²) in [5.74, 6) is -0.761. The summed E-state index contributed by atoms with van der Waals surface area (Å²) in [4.78, 5) is 17.3. The van der Waals surface area contributed by atoms with Crippen molar-refractivity contribution >= 4 is 34.5 Å². The van der Waals surface area contributed by atoms with E-state index in [1.165, 1.54) is 12.1 Å². The van der Waals surface area contributed by atoms with Crippen LogP contribution in [0, 0.1) is 0 Å². The van der Waals surface area contributed by atoms with E-state index in [1.54, 1.807) is 43.3 Å². The van der Waals surface area contributed by atoms with Gasteiger partial charge in [-0.05, 0) is 61.9 Å². The van der Waals surface area contributed by atoms with Crippen LogP contribution >= 0.6 is 11.8 Å². The fraction of sp³-hybridized carbons (Fsp3) is 0.182. The molecule has 3 N–H and O–H groups in total. The molecule has 0 atom stereocenters. The number of aliphatic imine (C=N–C) groups is 1. The molecule has 0 saturated carbocycles. The average Bonchev–Trinajstić information content (AvgIpc) is 3.01. The first-order chi connectivity index (χ1) is 14.4. The standard InChI is InChI=1S/C22H21NO6S/c1-3-28-15-8-6-14(7-9-15)23-21-19(22(27)29-4-2)20(26)18(30-21)12-13-5-10-16(24)17(25)11-13/h5-12,24-26H,3-4H2,1-2H3. The van der Waals surface area contributed by atoms with Crippen molar-refractivity contribution in [2.24, 2.45) is 4.99 Å². The molecule has 2 aromatic carbocycles. The van der Waals surface area contributed by atoms with E-state index in [0.717, 1.165) is 11.8 Å². The first-order valence-electron chi connectivity index (χ1n) is 9.27. The van der Waals surface area contributed by atoms with Crippen molar-refractivity contribution in [2.75, 3.05) is 13.2 Å². The Morgan fingerprint density at radius 1 is 1.03 bits per heavy atom. The number of nitrogens with zero attached hydrogens (tertiary/aromatic N) is 1. The summed E-state index contributed by atoms with van der Waals surface area (Å²) in [5, 5.41) is 30.1. The molecule has 0 aliphatic carbocycles. The van der Waals surface area contributed by atoms with Crippen LogP contribution in [-0.4, -0.2) is 39.5 Å². The van der Waals surface area contributed by atoms with E-state index in [4.69, 9.17) is 9.47 Å². The second kappa shape index (κ2) is 9.41. The van der Waals surface area contributed by atoms with Crippen LogP contribution in [0.25, 0.3) is 6.08 Å². The number of rotatable bonds is 6. The summed E-state index contributed by atoms with van der Waals surface area (Å²) in [6, 6.07) is 11.3. The lowest BCUT2D eigenvalue weighted by molar-refractivity contribution is -0.138. The molecule has 0 aromatic heterocycles. The number of aliphatic hydroxyl groups is 1. The highest BCUT2D eigenvalue weighted by Crippen LogP contribution is 2.41. The Bertz CT molecular complexity index is 1040. The highest BCUT2D eigenvalue weighted by molar-refractivity contribution is 8.18. The molecule has 1 aliphatic rings. The Labute approximate surface area is 178 Å². The molecular formula is C22H21NO6S. The van der Waals surface area contributed by atoms with Crippen molar-refractivity contribution in [3.63, 3.8) is 0 Å². The molecule has 3 rings (SSSR count). The number of aromatic hydroxyl groups is 2. The summed E-state index contributed by atoms with van der Waals surface area (Å²) < 4.78 is 10.5. The fourth-order valence-corrected chi connectivity index (χ4v) is 3.71. The van der Waals surface area contributed by atoms with Gasteiger partial charge >= 0.3 is 5.97 Å². The average molecular weight is 427 g/mol. The van der Waals surface area contributed by atoms with Gasteiger partial charge in [0.2, 0.25) is 0 Å². The van der Waals surface area contributed by atoms with Gasteiger partial charge in [-0.15, -0.1) is 0 Å². The van der Waals surface area contributed by atoms with Crippen LogP contribution in [-0.2, 0) is 9.53 Å². The van der Waals surface area contributed by atoms with Crippen LogP contribution in [0.1, 0.15) is 19.4 Å². The maximum Gasteiger partial charge on any atom is 0.344 e. The van der Waals surface area contributed by atoms with E-state index >= 15 is 0 Å². The first-order valence-corrected chi connectivity index (χ1v) is 10.1. The largest absolute Gasteiger partial charge is 0.506 e. The molecule has 0 unspecified atom stereocenters. The lowest BCUT2D eigenvalue weighted by Gasteiger charge is -2.05. The van der Waals surface area contributed by atoms with Crippen molar-refractivity contribution in [3.8, 4) is 17.2 Å². The van der Waals surface area contributed by atoms with Crippen LogP contribution in [0.3, 0.4) is 0 Å². The van der Waals surface area contributed by atoms with Gasteiger partial charge in [0, 0.05) is 0 Å². The number of phenols is 2. The zero-order valence-corrected chi connectivity index (χ0v) is 17.3. The van der Waals surface area contributed by atoms with Gasteiger partial charge in [-0.3, -0.25) is 0 Å². The predicted octanol–water partition coefficient (Wildman–Crippen LogP) is 4.69. The number of aliphatic hydroxyl groups excluding tert-OH is 1. The Morgan fingerprint density at radius 2 is 1.77 bits per heavy atom. The topological polar surface area (TPSA) is 109 Å². The van der Waals surface area contributed by atoms with E-state index in [-0.39, 0.29) is 29.4 Å². The SMILES string of the molecule is CCOC(=O)C1=C(O)C(=Cc2ccc(O)c(O)c2)SC1=Nc1ccc(OCC)cc1. The minimum Gasteiger partial charge on any atom is -0.506 e. The number of ether oxygens (including phenoxy) is 2. The van der Waals surface area contributed by atoms with Gasteiger partial charge in [-0.2, -0.15) is 0 Å². The highest BCUT2D eigenvalue weighted by atomic mass is 32.2. The normalized spacial score (nSPS) is 16.3. The second-order valence-corrected chi connectivity index (χ2v) is 7.18. The van der Waals surface area contributed by atoms with Crippen LogP contribution in [0.2, 0.25) is 0 Å². The van der Waals surface area contributed by atoms with Gasteiger partial charge in [0.05, 0.1) is 23.8 Å². The summed E-state index contributed by atoms with van der Waals surface area (Å²) >= 11 is 1.11. The number of hydrogen-bond donors (Lipinski definition) is 3. The van der Waals surface area contributed by atoms with E-state index in [1.807, 2.05) is 6.92 Å². The third-order valence-corrected chi connectivity index (χ3v) is 5.07. The predicted molar refractivity (Wildman–Crippen MR) is 116 cm³/mol. The van der Waals surface area contributed by atoms with Gasteiger partial charge < -0.3 is 24.8 Å². The van der Waals surface area contributed by atoms with Gasteiger partial charge in [0.15, 0.2) is 11.5 Å². The minimum atomic E-state index is -0.677. The quantitative estimate of drug-likeness (QED) is 0.453. The summed E-state index contributed by atoms with van der Waals surface area (Å²) in [5.41, 5.74) is 1.09. The molecule has 0 bridgehead atoms. The molecular weight excluding hydrogens is 406 g/mol. The van der Waals surface area contributed by atoms with Crippen molar-refractivity contribution in [2.45, 2.75) is 13.8 Å². The lowest BCUT2D eigenvalue weighted by Crippen LogP contribution is -2.12. The van der Waals surface area contributed by atoms with Crippen LogP contribution in [0.15, 0.2) is 63.7 Å². The molecule has 156 valence electrons. The van der Waals surface area contributed by atoms with E-state index in [2.05, 4.69) is 4.99 Å². The summed E-state index contributed by atoms with van der Waals surface area (Å²) in [6.07, 6.45) is 1.58. The van der Waals surface area contributed by atoms with E-state index in [0.29, 0.717) is 33.6 Å². The minimum absolute atomic E-state index is 0.0232. The fourth-order valence-electron chi connectivity index (χ4n) is 2.67. The van der Waals surface area contributed by atoms with Gasteiger partial charge in [-0.1, -0.05) is 17.8 Å². The molecule has 30 heavy (non-hydrogen) atoms. The molecule has 1 aliphatic heterocycles. The number of hydrogen-bond acceptors (Lipinski definition) is 8. The molecule has 0 amide bonds. The highest BCUT2D eigenvalue weighted by Gasteiger charge is 2.33. The van der Waals surface area contributed by atoms with Gasteiger partial charge in [0.25, 0.3) is 0 Å². The van der Waals surface area contributed by atoms with Crippen LogP contribution in [0.5, 0.6) is 17.2 Å². The Kier molecular flexibility index (Phi) is 6.68. The summed E-state index contributed by atoms with van der Waals surface area (Å²) in [7, 11) is 0. The Hall–Kier alpha value is -3.39. The number of esters is 1. The zero-order chi connectivity index (χ0) is 21.7. The van der Waals surface area contributed by atoms with E-state index in [9.17, 15) is 20.1 Å². The van der Waals surface area contributed by atoms with Crippen molar-refractivity contribution in [1.82, 2.24) is 0 Å². The third-order valence-electron chi connectivity index (χ3n) is 4.05. The number of carbonyl (C=O) groups is 1. The van der Waals surface area contributed by atoms with Gasteiger partial charge in [-0.25, -0.2) is 9.79 Å². The van der Waals surface area contributed by atoms with Crippen LogP contribution < -0.4 is 4.74 Å². The maximum atomic E-state index is 12.4. The molecule has 0 spiro atoms. The molecule has 8 heteroatoms. The molecule has 0 saturated heterocycles. The van der Waals surface area contributed by atoms with Crippen molar-refractivity contribution in [3.05, 3.63) is 64.3 Å². The van der Waals surface area contributed by atoms with E-state index < -0.39 is 5.97 Å². The number of phenolic OH excluding ortho intramolecular Hbond substituents is 2. The monoisotopic (exact) mass is 427 g/mol. The maximum absolute atomic E-state index is 12.4. The molecule has 0 fully saturated rings. The van der Waals surface area contributed by atoms with Crippen LogP contribution in [0.4, 0.5) is 5.69 Å². The second-order valence-electron chi connectivity index (χ2n) is 6.15. The Morgan fingerprint density at radius 3 is 2.40 bits per heavy atom. The smallest absolute Gasteiger partial charge is 0.344 e. The zero-order valence-electron chi connectivity index (χ0n) is 16.5. The summed E-state index contributed by atoms with van der Waals surface area (Å²) in [6.45, 7) is 4.27. The molecule has 0 radical (unpaired) electrons. The van der Waals surface area contributed by atoms with Crippen molar-refractivity contribution < 1.29 is 29.6 Å². The van der Waals surface area contributed by atoms with Crippen molar-refractivity contribution in [1.29, 1.82) is 0 Å². The number of thioether (sulfide) groups is 1. The molecule has 1 heterocycles. The first kappa shape index (κ1) is 21.3. The van der Waals surface area contributed by atoms with Gasteiger partial charge in [0.1, 0.15) is 22.1 Å². The molecule has 7 nitrogen and oxygen atoms in total.